The molecule has 1 aromatic rings. The van der Waals surface area contributed by atoms with E-state index in [9.17, 15) is 18.4 Å². The molecule has 104 valence electrons. The Morgan fingerprint density at radius 2 is 2.00 bits per heavy atom. The van der Waals surface area contributed by atoms with Crippen LogP contribution in [-0.2, 0) is 16.0 Å². The fraction of sp³-hybridized carbons (Fsp3) is 0.385. The zero-order valence-corrected chi connectivity index (χ0v) is 10.5. The van der Waals surface area contributed by atoms with Crippen LogP contribution >= 0.6 is 0 Å². The highest BCUT2D eigenvalue weighted by molar-refractivity contribution is 5.79. The van der Waals surface area contributed by atoms with E-state index in [-0.39, 0.29) is 13.0 Å². The smallest absolute Gasteiger partial charge is 0.308 e. The highest BCUT2D eigenvalue weighted by Gasteiger charge is 2.16. The molecule has 0 aliphatic carbocycles. The van der Waals surface area contributed by atoms with Gasteiger partial charge in [0.05, 0.1) is 12.3 Å². The van der Waals surface area contributed by atoms with Crippen molar-refractivity contribution >= 4 is 11.9 Å². The number of aliphatic carboxylic acids is 1. The molecule has 0 aliphatic heterocycles. The maximum atomic E-state index is 12.9. The molecule has 0 saturated heterocycles. The maximum absolute atomic E-state index is 12.9. The molecule has 1 amide bonds. The van der Waals surface area contributed by atoms with Gasteiger partial charge in [-0.15, -0.1) is 0 Å². The maximum Gasteiger partial charge on any atom is 0.308 e. The van der Waals surface area contributed by atoms with Gasteiger partial charge in [0.25, 0.3) is 0 Å². The van der Waals surface area contributed by atoms with Gasteiger partial charge in [0.1, 0.15) is 0 Å². The van der Waals surface area contributed by atoms with Crippen molar-refractivity contribution in [3.8, 4) is 0 Å². The number of benzene rings is 1. The monoisotopic (exact) mass is 271 g/mol. The van der Waals surface area contributed by atoms with Gasteiger partial charge < -0.3 is 10.4 Å². The number of amides is 1. The van der Waals surface area contributed by atoms with Crippen molar-refractivity contribution < 1.29 is 23.5 Å². The second-order valence-electron chi connectivity index (χ2n) is 4.17. The molecule has 0 heterocycles. The number of carbonyl (C=O) groups is 2. The van der Waals surface area contributed by atoms with Crippen LogP contribution in [0.4, 0.5) is 8.78 Å². The first-order chi connectivity index (χ1) is 8.93. The van der Waals surface area contributed by atoms with Crippen LogP contribution < -0.4 is 5.32 Å². The number of carboxylic acids is 1. The molecule has 0 fully saturated rings. The van der Waals surface area contributed by atoms with E-state index in [2.05, 4.69) is 5.32 Å². The normalized spacial score (nSPS) is 11.9. The summed E-state index contributed by atoms with van der Waals surface area (Å²) in [5, 5.41) is 11.3. The molecule has 2 N–H and O–H groups in total. The Morgan fingerprint density at radius 3 is 2.53 bits per heavy atom. The minimum Gasteiger partial charge on any atom is -0.481 e. The first-order valence-electron chi connectivity index (χ1n) is 5.87. The van der Waals surface area contributed by atoms with Gasteiger partial charge in [0.2, 0.25) is 5.91 Å². The van der Waals surface area contributed by atoms with Gasteiger partial charge >= 0.3 is 5.97 Å². The average Bonchev–Trinajstić information content (AvgIpc) is 2.34. The number of rotatable bonds is 6. The summed E-state index contributed by atoms with van der Waals surface area (Å²) in [7, 11) is 0. The lowest BCUT2D eigenvalue weighted by Gasteiger charge is -2.11. The predicted molar refractivity (Wildman–Crippen MR) is 64.5 cm³/mol. The third-order valence-corrected chi connectivity index (χ3v) is 2.74. The van der Waals surface area contributed by atoms with Crippen molar-refractivity contribution in [3.63, 3.8) is 0 Å². The Kier molecular flexibility index (Phi) is 5.41. The number of carbonyl (C=O) groups excluding carboxylic acids is 1. The fourth-order valence-electron chi connectivity index (χ4n) is 1.54. The Labute approximate surface area is 109 Å². The van der Waals surface area contributed by atoms with Gasteiger partial charge in [0.15, 0.2) is 11.6 Å². The highest BCUT2D eigenvalue weighted by atomic mass is 19.2. The molecular formula is C13H15F2NO3. The van der Waals surface area contributed by atoms with Crippen LogP contribution in [0, 0.1) is 17.6 Å². The predicted octanol–water partition coefficient (Wildman–Crippen LogP) is 1.73. The molecule has 1 aromatic carbocycles. The summed E-state index contributed by atoms with van der Waals surface area (Å²) in [5.41, 5.74) is 0.333. The molecule has 1 rings (SSSR count). The zero-order valence-electron chi connectivity index (χ0n) is 10.5. The quantitative estimate of drug-likeness (QED) is 0.828. The van der Waals surface area contributed by atoms with E-state index >= 15 is 0 Å². The van der Waals surface area contributed by atoms with Crippen LogP contribution in [0.15, 0.2) is 18.2 Å². The molecule has 0 radical (unpaired) electrons. The molecule has 1 atom stereocenters. The first-order valence-corrected chi connectivity index (χ1v) is 5.87. The van der Waals surface area contributed by atoms with Gasteiger partial charge in [-0.2, -0.15) is 0 Å². The van der Waals surface area contributed by atoms with E-state index in [1.54, 1.807) is 6.92 Å². The summed E-state index contributed by atoms with van der Waals surface area (Å²) in [5.74, 6) is -4.03. The standard InChI is InChI=1S/C13H15F2NO3/c1-2-9(13(18)19)7-16-12(17)6-8-3-4-10(14)11(15)5-8/h3-5,9H,2,6-7H2,1H3,(H,16,17)(H,18,19). The van der Waals surface area contributed by atoms with Gasteiger partial charge in [-0.05, 0) is 24.1 Å². The third-order valence-electron chi connectivity index (χ3n) is 2.74. The summed E-state index contributed by atoms with van der Waals surface area (Å²) >= 11 is 0. The van der Waals surface area contributed by atoms with Crippen LogP contribution in [0.2, 0.25) is 0 Å². The first kappa shape index (κ1) is 15.1. The minimum absolute atomic E-state index is 0.0222. The van der Waals surface area contributed by atoms with Crippen LogP contribution in [0.25, 0.3) is 0 Å². The molecule has 19 heavy (non-hydrogen) atoms. The van der Waals surface area contributed by atoms with Crippen LogP contribution in [-0.4, -0.2) is 23.5 Å². The number of carboxylic acid groups (broad SMARTS) is 1. The largest absolute Gasteiger partial charge is 0.481 e. The number of hydrogen-bond acceptors (Lipinski definition) is 2. The summed E-state index contributed by atoms with van der Waals surface area (Å²) in [6.45, 7) is 1.73. The lowest BCUT2D eigenvalue weighted by molar-refractivity contribution is -0.141. The van der Waals surface area contributed by atoms with Crippen molar-refractivity contribution in [2.45, 2.75) is 19.8 Å². The second kappa shape index (κ2) is 6.82. The van der Waals surface area contributed by atoms with Crippen LogP contribution in [0.5, 0.6) is 0 Å². The summed E-state index contributed by atoms with van der Waals surface area (Å²) in [6.07, 6.45) is 0.286. The van der Waals surface area contributed by atoms with E-state index < -0.39 is 29.4 Å². The molecule has 0 bridgehead atoms. The topological polar surface area (TPSA) is 66.4 Å². The van der Waals surface area contributed by atoms with E-state index in [1.165, 1.54) is 6.07 Å². The van der Waals surface area contributed by atoms with Crippen molar-refractivity contribution in [2.24, 2.45) is 5.92 Å². The number of nitrogens with one attached hydrogen (secondary N) is 1. The van der Waals surface area contributed by atoms with Gasteiger partial charge in [0, 0.05) is 6.54 Å². The zero-order chi connectivity index (χ0) is 14.4. The van der Waals surface area contributed by atoms with Crippen LogP contribution in [0.3, 0.4) is 0 Å². The molecule has 0 spiro atoms. The highest BCUT2D eigenvalue weighted by Crippen LogP contribution is 2.09. The van der Waals surface area contributed by atoms with Gasteiger partial charge in [-0.3, -0.25) is 9.59 Å². The van der Waals surface area contributed by atoms with Crippen molar-refractivity contribution in [3.05, 3.63) is 35.4 Å². The molecule has 4 nitrogen and oxygen atoms in total. The SMILES string of the molecule is CCC(CNC(=O)Cc1ccc(F)c(F)c1)C(=O)O. The molecule has 0 saturated carbocycles. The average molecular weight is 271 g/mol. The summed E-state index contributed by atoms with van der Waals surface area (Å²) in [6, 6.07) is 3.21. The van der Waals surface area contributed by atoms with Gasteiger partial charge in [-0.25, -0.2) is 8.78 Å². The lowest BCUT2D eigenvalue weighted by Crippen LogP contribution is -2.33. The summed E-state index contributed by atoms with van der Waals surface area (Å²) < 4.78 is 25.6. The van der Waals surface area contributed by atoms with E-state index in [0.29, 0.717) is 12.0 Å². The molecule has 0 aliphatic rings. The number of halogens is 2. The Bertz CT molecular complexity index is 477. The Hall–Kier alpha value is -1.98. The molecule has 0 aromatic heterocycles. The van der Waals surface area contributed by atoms with E-state index in [4.69, 9.17) is 5.11 Å². The van der Waals surface area contributed by atoms with Crippen molar-refractivity contribution in [2.75, 3.05) is 6.54 Å². The molecule has 1 unspecified atom stereocenters. The van der Waals surface area contributed by atoms with Crippen LogP contribution in [0.1, 0.15) is 18.9 Å². The van der Waals surface area contributed by atoms with Crippen molar-refractivity contribution in [1.29, 1.82) is 0 Å². The number of hydrogen-bond donors (Lipinski definition) is 2. The lowest BCUT2D eigenvalue weighted by atomic mass is 10.1. The minimum atomic E-state index is -1.01. The third kappa shape index (κ3) is 4.65. The van der Waals surface area contributed by atoms with Crippen molar-refractivity contribution in [1.82, 2.24) is 5.32 Å². The Morgan fingerprint density at radius 1 is 1.32 bits per heavy atom. The summed E-state index contributed by atoms with van der Waals surface area (Å²) in [4.78, 5) is 22.3. The Balaban J connectivity index is 2.51. The van der Waals surface area contributed by atoms with E-state index in [0.717, 1.165) is 12.1 Å². The fourth-order valence-corrected chi connectivity index (χ4v) is 1.54. The van der Waals surface area contributed by atoms with Gasteiger partial charge in [-0.1, -0.05) is 13.0 Å². The van der Waals surface area contributed by atoms with E-state index in [1.807, 2.05) is 0 Å². The molecule has 6 heteroatoms. The second-order valence-corrected chi connectivity index (χ2v) is 4.17. The molecular weight excluding hydrogens is 256 g/mol.